The van der Waals surface area contributed by atoms with Gasteiger partial charge in [-0.2, -0.15) is 18.4 Å². The van der Waals surface area contributed by atoms with Gasteiger partial charge < -0.3 is 9.47 Å². The third-order valence-corrected chi connectivity index (χ3v) is 2.20. The third-order valence-electron chi connectivity index (χ3n) is 2.20. The summed E-state index contributed by atoms with van der Waals surface area (Å²) < 4.78 is 82.1. The van der Waals surface area contributed by atoms with E-state index in [0.29, 0.717) is 6.07 Å². The van der Waals surface area contributed by atoms with Crippen LogP contribution < -0.4 is 4.74 Å². The Kier molecular flexibility index (Phi) is 4.36. The fourth-order valence-electron chi connectivity index (χ4n) is 1.45. The highest BCUT2D eigenvalue weighted by molar-refractivity contribution is 5.95. The van der Waals surface area contributed by atoms with E-state index in [1.807, 2.05) is 0 Å². The molecule has 4 nitrogen and oxygen atoms in total. The Balaban J connectivity index is 3.64. The molecule has 21 heavy (non-hydrogen) atoms. The van der Waals surface area contributed by atoms with Gasteiger partial charge in [-0.05, 0) is 12.1 Å². The van der Waals surface area contributed by atoms with E-state index >= 15 is 0 Å². The molecule has 0 bridgehead atoms. The van der Waals surface area contributed by atoms with Gasteiger partial charge in [0.2, 0.25) is 0 Å². The summed E-state index contributed by atoms with van der Waals surface area (Å²) in [6.07, 6.45) is -10.3. The average Bonchev–Trinajstić information content (AvgIpc) is 2.33. The quantitative estimate of drug-likeness (QED) is 0.621. The van der Waals surface area contributed by atoms with Crippen molar-refractivity contribution >= 4 is 5.97 Å². The maximum atomic E-state index is 12.7. The van der Waals surface area contributed by atoms with Gasteiger partial charge in [-0.25, -0.2) is 4.79 Å². The van der Waals surface area contributed by atoms with Gasteiger partial charge in [0, 0.05) is 0 Å². The van der Waals surface area contributed by atoms with Gasteiger partial charge in [0.1, 0.15) is 17.4 Å². The Morgan fingerprint density at radius 1 is 1.19 bits per heavy atom. The number of nitrogens with zero attached hydrogens (tertiary/aromatic N) is 1. The molecule has 0 spiro atoms. The Hall–Kier alpha value is -2.44. The van der Waals surface area contributed by atoms with Crippen molar-refractivity contribution in [1.29, 1.82) is 5.26 Å². The smallest absolute Gasteiger partial charge is 0.465 e. The van der Waals surface area contributed by atoms with Crippen molar-refractivity contribution in [3.63, 3.8) is 0 Å². The summed E-state index contributed by atoms with van der Waals surface area (Å²) in [5.74, 6) is -2.81. The second kappa shape index (κ2) is 5.51. The lowest BCUT2D eigenvalue weighted by Crippen LogP contribution is -2.21. The molecule has 1 aromatic carbocycles. The van der Waals surface area contributed by atoms with Gasteiger partial charge in [0.15, 0.2) is 0 Å². The maximum Gasteiger partial charge on any atom is 0.573 e. The summed E-state index contributed by atoms with van der Waals surface area (Å²) in [5, 5.41) is 8.74. The molecule has 114 valence electrons. The molecule has 0 saturated heterocycles. The van der Waals surface area contributed by atoms with Crippen LogP contribution >= 0.6 is 0 Å². The lowest BCUT2D eigenvalue weighted by atomic mass is 10.0. The van der Waals surface area contributed by atoms with E-state index in [-0.39, 0.29) is 6.07 Å². The van der Waals surface area contributed by atoms with Crippen molar-refractivity contribution in [3.8, 4) is 11.8 Å². The van der Waals surface area contributed by atoms with Crippen molar-refractivity contribution in [1.82, 2.24) is 0 Å². The van der Waals surface area contributed by atoms with Crippen molar-refractivity contribution in [2.75, 3.05) is 7.11 Å². The van der Waals surface area contributed by atoms with Gasteiger partial charge in [0.05, 0.1) is 18.2 Å². The van der Waals surface area contributed by atoms with Crippen LogP contribution in [-0.2, 0) is 10.9 Å². The summed E-state index contributed by atoms with van der Waals surface area (Å²) in [6.45, 7) is 0. The van der Waals surface area contributed by atoms with Gasteiger partial charge in [-0.15, -0.1) is 13.2 Å². The summed E-state index contributed by atoms with van der Waals surface area (Å²) in [6, 6.07) is 1.55. The van der Waals surface area contributed by atoms with E-state index in [1.165, 1.54) is 0 Å². The molecule has 0 aromatic heterocycles. The van der Waals surface area contributed by atoms with E-state index < -0.39 is 40.9 Å². The van der Waals surface area contributed by atoms with Crippen LogP contribution in [0.1, 0.15) is 21.5 Å². The number of nitriles is 1. The number of benzene rings is 1. The zero-order chi connectivity index (χ0) is 16.4. The Morgan fingerprint density at radius 3 is 2.14 bits per heavy atom. The van der Waals surface area contributed by atoms with Gasteiger partial charge in [-0.1, -0.05) is 0 Å². The van der Waals surface area contributed by atoms with E-state index in [4.69, 9.17) is 5.26 Å². The second-order valence-corrected chi connectivity index (χ2v) is 3.51. The zero-order valence-corrected chi connectivity index (χ0v) is 10.1. The molecule has 0 amide bonds. The number of hydrogen-bond acceptors (Lipinski definition) is 4. The fourth-order valence-corrected chi connectivity index (χ4v) is 1.45. The first-order chi connectivity index (χ1) is 9.51. The van der Waals surface area contributed by atoms with E-state index in [1.54, 1.807) is 0 Å². The number of hydrogen-bond donors (Lipinski definition) is 0. The fraction of sp³-hybridized carbons (Fsp3) is 0.273. The average molecular weight is 313 g/mol. The number of alkyl halides is 6. The molecular formula is C11H5F6NO3. The molecule has 0 N–H and O–H groups in total. The highest BCUT2D eigenvalue weighted by Crippen LogP contribution is 2.38. The summed E-state index contributed by atoms with van der Waals surface area (Å²) in [4.78, 5) is 11.4. The van der Waals surface area contributed by atoms with Crippen LogP contribution in [0.2, 0.25) is 0 Å². The monoisotopic (exact) mass is 313 g/mol. The second-order valence-electron chi connectivity index (χ2n) is 3.51. The molecule has 0 heterocycles. The Labute approximate surface area is 113 Å². The third kappa shape index (κ3) is 3.77. The molecule has 0 aliphatic carbocycles. The predicted octanol–water partition coefficient (Wildman–Crippen LogP) is 3.26. The molecule has 0 radical (unpaired) electrons. The molecule has 1 rings (SSSR count). The van der Waals surface area contributed by atoms with Gasteiger partial charge in [-0.3, -0.25) is 0 Å². The molecule has 10 heteroatoms. The van der Waals surface area contributed by atoms with Crippen LogP contribution in [0.5, 0.6) is 5.75 Å². The molecule has 0 saturated carbocycles. The van der Waals surface area contributed by atoms with Crippen LogP contribution in [0.3, 0.4) is 0 Å². The van der Waals surface area contributed by atoms with E-state index in [9.17, 15) is 31.1 Å². The molecule has 0 aliphatic heterocycles. The van der Waals surface area contributed by atoms with E-state index in [0.717, 1.165) is 13.2 Å². The molecule has 0 unspecified atom stereocenters. The predicted molar refractivity (Wildman–Crippen MR) is 54.2 cm³/mol. The van der Waals surface area contributed by atoms with Crippen molar-refractivity contribution in [2.45, 2.75) is 12.5 Å². The van der Waals surface area contributed by atoms with Crippen LogP contribution in [0.15, 0.2) is 12.1 Å². The van der Waals surface area contributed by atoms with Crippen molar-refractivity contribution in [3.05, 3.63) is 28.8 Å². The minimum absolute atomic E-state index is 0.214. The highest BCUT2D eigenvalue weighted by Gasteiger charge is 2.39. The molecule has 1 aromatic rings. The first-order valence-electron chi connectivity index (χ1n) is 4.99. The minimum Gasteiger partial charge on any atom is -0.465 e. The summed E-state index contributed by atoms with van der Waals surface area (Å²) in [5.41, 5.74) is -4.12. The summed E-state index contributed by atoms with van der Waals surface area (Å²) in [7, 11) is 0.737. The van der Waals surface area contributed by atoms with Crippen LogP contribution in [0.4, 0.5) is 26.3 Å². The van der Waals surface area contributed by atoms with Crippen LogP contribution in [0, 0.1) is 11.3 Å². The highest BCUT2D eigenvalue weighted by atomic mass is 19.4. The molecule has 0 fully saturated rings. The van der Waals surface area contributed by atoms with Crippen LogP contribution in [0.25, 0.3) is 0 Å². The van der Waals surface area contributed by atoms with Crippen LogP contribution in [-0.4, -0.2) is 19.4 Å². The molecular weight excluding hydrogens is 308 g/mol. The van der Waals surface area contributed by atoms with E-state index in [2.05, 4.69) is 9.47 Å². The largest absolute Gasteiger partial charge is 0.573 e. The Morgan fingerprint density at radius 2 is 1.76 bits per heavy atom. The molecule has 0 atom stereocenters. The topological polar surface area (TPSA) is 59.3 Å². The number of rotatable bonds is 2. The van der Waals surface area contributed by atoms with Gasteiger partial charge in [0.25, 0.3) is 0 Å². The van der Waals surface area contributed by atoms with Crippen molar-refractivity contribution < 1.29 is 40.6 Å². The number of esters is 1. The van der Waals surface area contributed by atoms with Gasteiger partial charge >= 0.3 is 18.5 Å². The lowest BCUT2D eigenvalue weighted by Gasteiger charge is -2.16. The number of methoxy groups -OCH3 is 1. The first kappa shape index (κ1) is 16.6. The number of carbonyl (C=O) groups excluding carboxylic acids is 1. The molecule has 0 aliphatic rings. The summed E-state index contributed by atoms with van der Waals surface area (Å²) >= 11 is 0. The van der Waals surface area contributed by atoms with Crippen molar-refractivity contribution in [2.24, 2.45) is 0 Å². The Bertz CT molecular complexity index is 600. The SMILES string of the molecule is COC(=O)c1c(OC(F)(F)F)ccc(C(F)(F)F)c1C#N. The number of ether oxygens (including phenoxy) is 2. The zero-order valence-electron chi connectivity index (χ0n) is 10.1. The number of halogens is 6. The maximum absolute atomic E-state index is 12.7. The standard InChI is InChI=1S/C11H5F6NO3/c1-20-9(19)8-5(4-18)6(10(12,13)14)2-3-7(8)21-11(15,16)17/h2-3H,1H3. The normalized spacial score (nSPS) is 11.7. The minimum atomic E-state index is -5.25. The number of carbonyl (C=O) groups is 1. The lowest BCUT2D eigenvalue weighted by molar-refractivity contribution is -0.274. The first-order valence-corrected chi connectivity index (χ1v) is 4.99.